The van der Waals surface area contributed by atoms with Crippen LogP contribution in [0.25, 0.3) is 0 Å². The van der Waals surface area contributed by atoms with Crippen LogP contribution in [0.2, 0.25) is 0 Å². The summed E-state index contributed by atoms with van der Waals surface area (Å²) in [6.07, 6.45) is 4.43. The third kappa shape index (κ3) is 3.60. The lowest BCUT2D eigenvalue weighted by Gasteiger charge is -2.22. The highest BCUT2D eigenvalue weighted by atomic mass is 79.9. The van der Waals surface area contributed by atoms with Gasteiger partial charge in [-0.2, -0.15) is 0 Å². The molecule has 0 saturated heterocycles. The van der Waals surface area contributed by atoms with Gasteiger partial charge in [0.05, 0.1) is 4.90 Å². The molecule has 4 nitrogen and oxygen atoms in total. The molecule has 3 rings (SSSR count). The van der Waals surface area contributed by atoms with Crippen molar-refractivity contribution in [1.82, 2.24) is 4.90 Å². The van der Waals surface area contributed by atoms with Gasteiger partial charge < -0.3 is 4.90 Å². The molecule has 114 valence electrons. The van der Waals surface area contributed by atoms with E-state index in [1.807, 2.05) is 4.90 Å². The number of hydrogen-bond acceptors (Lipinski definition) is 3. The van der Waals surface area contributed by atoms with Crippen LogP contribution < -0.4 is 0 Å². The molecule has 0 bridgehead atoms. The summed E-state index contributed by atoms with van der Waals surface area (Å²) in [5.74, 6) is 0.514. The van der Waals surface area contributed by atoms with Gasteiger partial charge in [0.2, 0.25) is 0 Å². The molecule has 2 saturated carbocycles. The second-order valence-corrected chi connectivity index (χ2v) is 9.10. The van der Waals surface area contributed by atoms with Crippen molar-refractivity contribution in [2.45, 2.75) is 36.6 Å². The lowest BCUT2D eigenvalue weighted by Crippen LogP contribution is -2.35. The number of nitrogens with zero attached hydrogens (tertiary/aromatic N) is 1. The van der Waals surface area contributed by atoms with Crippen LogP contribution in [0.3, 0.4) is 0 Å². The second-order valence-electron chi connectivity index (χ2n) is 5.72. The summed E-state index contributed by atoms with van der Waals surface area (Å²) in [5, 5.41) is 0. The monoisotopic (exact) mass is 391 g/mol. The van der Waals surface area contributed by atoms with Crippen molar-refractivity contribution in [3.8, 4) is 0 Å². The van der Waals surface area contributed by atoms with Crippen molar-refractivity contribution >= 4 is 41.6 Å². The summed E-state index contributed by atoms with van der Waals surface area (Å²) in [6.45, 7) is 0.780. The first-order valence-electron chi connectivity index (χ1n) is 6.91. The Balaban J connectivity index is 1.89. The first-order valence-corrected chi connectivity index (χ1v) is 10.0. The highest BCUT2D eigenvalue weighted by molar-refractivity contribution is 9.10. The van der Waals surface area contributed by atoms with Crippen LogP contribution >= 0.6 is 26.6 Å². The summed E-state index contributed by atoms with van der Waals surface area (Å²) in [4.78, 5) is 14.5. The SMILES string of the molecule is O=C(c1ccc(Br)c(S(=O)(=O)Cl)c1)N(CC1CC1)C1CC1. The fraction of sp³-hybridized carbons (Fsp3) is 0.500. The lowest BCUT2D eigenvalue weighted by molar-refractivity contribution is 0.0734. The van der Waals surface area contributed by atoms with Crippen LogP contribution in [0.5, 0.6) is 0 Å². The molecule has 0 heterocycles. The number of amides is 1. The molecule has 7 heteroatoms. The van der Waals surface area contributed by atoms with Gasteiger partial charge in [-0.05, 0) is 65.7 Å². The minimum Gasteiger partial charge on any atom is -0.335 e. The van der Waals surface area contributed by atoms with Crippen LogP contribution in [0.1, 0.15) is 36.0 Å². The quantitative estimate of drug-likeness (QED) is 0.722. The zero-order valence-electron chi connectivity index (χ0n) is 11.3. The molecule has 0 N–H and O–H groups in total. The van der Waals surface area contributed by atoms with E-state index in [0.29, 0.717) is 22.0 Å². The van der Waals surface area contributed by atoms with Crippen molar-refractivity contribution in [2.24, 2.45) is 5.92 Å². The van der Waals surface area contributed by atoms with E-state index in [9.17, 15) is 13.2 Å². The number of carbonyl (C=O) groups excluding carboxylic acids is 1. The van der Waals surface area contributed by atoms with Gasteiger partial charge in [0, 0.05) is 33.3 Å². The van der Waals surface area contributed by atoms with Crippen LogP contribution in [-0.2, 0) is 9.05 Å². The van der Waals surface area contributed by atoms with Crippen molar-refractivity contribution in [1.29, 1.82) is 0 Å². The van der Waals surface area contributed by atoms with Gasteiger partial charge in [-0.3, -0.25) is 4.79 Å². The first-order chi connectivity index (χ1) is 9.86. The molecule has 0 unspecified atom stereocenters. The number of benzene rings is 1. The predicted octanol–water partition coefficient (Wildman–Crippen LogP) is 3.39. The molecule has 1 amide bonds. The standard InChI is InChI=1S/C14H15BrClNO3S/c15-12-6-3-10(7-13(12)21(16,19)20)14(18)17(11-4-5-11)8-9-1-2-9/h3,6-7,9,11H,1-2,4-5,8H2. The second kappa shape index (κ2) is 5.56. The molecular weight excluding hydrogens is 378 g/mol. The van der Waals surface area contributed by atoms with Crippen molar-refractivity contribution in [2.75, 3.05) is 6.54 Å². The Labute approximate surface area is 137 Å². The number of halogens is 2. The average Bonchev–Trinajstić information content (AvgIpc) is 3.26. The van der Waals surface area contributed by atoms with Gasteiger partial charge in [-0.25, -0.2) is 8.42 Å². The summed E-state index contributed by atoms with van der Waals surface area (Å²) in [7, 11) is 1.53. The zero-order chi connectivity index (χ0) is 15.2. The summed E-state index contributed by atoms with van der Waals surface area (Å²) >= 11 is 3.16. The Morgan fingerprint density at radius 3 is 2.48 bits per heavy atom. The van der Waals surface area contributed by atoms with E-state index in [1.165, 1.54) is 18.9 Å². The molecule has 0 spiro atoms. The minimum absolute atomic E-state index is 0.0582. The Hall–Kier alpha value is -0.590. The van der Waals surface area contributed by atoms with Crippen molar-refractivity contribution in [3.05, 3.63) is 28.2 Å². The summed E-state index contributed by atoms with van der Waals surface area (Å²) in [5.41, 5.74) is 0.380. The van der Waals surface area contributed by atoms with E-state index in [4.69, 9.17) is 10.7 Å². The Morgan fingerprint density at radius 2 is 1.95 bits per heavy atom. The number of hydrogen-bond donors (Lipinski definition) is 0. The van der Waals surface area contributed by atoms with Gasteiger partial charge in [-0.1, -0.05) is 0 Å². The molecular formula is C14H15BrClNO3S. The maximum atomic E-state index is 12.7. The smallest absolute Gasteiger partial charge is 0.262 e. The molecule has 0 aromatic heterocycles. The minimum atomic E-state index is -3.88. The number of rotatable bonds is 5. The van der Waals surface area contributed by atoms with E-state index in [-0.39, 0.29) is 10.8 Å². The van der Waals surface area contributed by atoms with Crippen LogP contribution in [0, 0.1) is 5.92 Å². The molecule has 1 aromatic rings. The Morgan fingerprint density at radius 1 is 1.29 bits per heavy atom. The van der Waals surface area contributed by atoms with E-state index in [2.05, 4.69) is 15.9 Å². The van der Waals surface area contributed by atoms with Crippen LogP contribution in [-0.4, -0.2) is 31.8 Å². The largest absolute Gasteiger partial charge is 0.335 e. The Bertz CT molecular complexity index is 683. The van der Waals surface area contributed by atoms with E-state index < -0.39 is 9.05 Å². The van der Waals surface area contributed by atoms with Gasteiger partial charge in [0.15, 0.2) is 0 Å². The fourth-order valence-corrected chi connectivity index (χ4v) is 4.47. The third-order valence-electron chi connectivity index (χ3n) is 3.84. The van der Waals surface area contributed by atoms with E-state index in [1.54, 1.807) is 12.1 Å². The number of carbonyl (C=O) groups is 1. The lowest BCUT2D eigenvalue weighted by atomic mass is 10.2. The van der Waals surface area contributed by atoms with Crippen LogP contribution in [0.15, 0.2) is 27.6 Å². The zero-order valence-corrected chi connectivity index (χ0v) is 14.4. The fourth-order valence-electron chi connectivity index (χ4n) is 2.35. The van der Waals surface area contributed by atoms with Crippen molar-refractivity contribution < 1.29 is 13.2 Å². The first kappa shape index (κ1) is 15.3. The van der Waals surface area contributed by atoms with Gasteiger partial charge in [-0.15, -0.1) is 0 Å². The van der Waals surface area contributed by atoms with E-state index >= 15 is 0 Å². The van der Waals surface area contributed by atoms with Crippen LogP contribution in [0.4, 0.5) is 0 Å². The topological polar surface area (TPSA) is 54.5 Å². The summed E-state index contributed by atoms with van der Waals surface area (Å²) in [6, 6.07) is 4.87. The molecule has 1 aromatic carbocycles. The molecule has 2 aliphatic carbocycles. The normalized spacial score (nSPS) is 18.6. The van der Waals surface area contributed by atoms with Gasteiger partial charge in [0.1, 0.15) is 0 Å². The van der Waals surface area contributed by atoms with E-state index in [0.717, 1.165) is 19.4 Å². The maximum absolute atomic E-state index is 12.7. The molecule has 2 aliphatic rings. The van der Waals surface area contributed by atoms with Gasteiger partial charge >= 0.3 is 0 Å². The van der Waals surface area contributed by atoms with Gasteiger partial charge in [0.25, 0.3) is 15.0 Å². The Kier molecular flexibility index (Phi) is 4.05. The molecule has 2 fully saturated rings. The average molecular weight is 393 g/mol. The molecule has 0 aliphatic heterocycles. The highest BCUT2D eigenvalue weighted by Crippen LogP contribution is 2.36. The molecule has 0 radical (unpaired) electrons. The molecule has 21 heavy (non-hydrogen) atoms. The highest BCUT2D eigenvalue weighted by Gasteiger charge is 2.37. The maximum Gasteiger partial charge on any atom is 0.262 e. The predicted molar refractivity (Wildman–Crippen MR) is 84.0 cm³/mol. The van der Waals surface area contributed by atoms with Crippen molar-refractivity contribution in [3.63, 3.8) is 0 Å². The third-order valence-corrected chi connectivity index (χ3v) is 6.16. The summed E-state index contributed by atoms with van der Waals surface area (Å²) < 4.78 is 23.5. The molecule has 0 atom stereocenters.